The molecule has 3 aromatic rings. The fourth-order valence-corrected chi connectivity index (χ4v) is 5.39. The first kappa shape index (κ1) is 38.0. The molecule has 1 amide bonds. The topological polar surface area (TPSA) is 145 Å². The van der Waals surface area contributed by atoms with Crippen LogP contribution in [0.2, 0.25) is 0 Å². The lowest BCUT2D eigenvalue weighted by Crippen LogP contribution is -2.33. The van der Waals surface area contributed by atoms with E-state index in [0.717, 1.165) is 0 Å². The van der Waals surface area contributed by atoms with Gasteiger partial charge in [0.25, 0.3) is 5.91 Å². The molecule has 1 N–H and O–H groups in total. The van der Waals surface area contributed by atoms with Crippen molar-refractivity contribution in [3.63, 3.8) is 0 Å². The number of rotatable bonds is 13. The maximum atomic E-state index is 13.7. The van der Waals surface area contributed by atoms with E-state index >= 15 is 0 Å². The molecule has 0 aliphatic carbocycles. The summed E-state index contributed by atoms with van der Waals surface area (Å²) < 4.78 is 39.9. The molecule has 0 saturated carbocycles. The third kappa shape index (κ3) is 8.29. The number of esters is 3. The lowest BCUT2D eigenvalue weighted by atomic mass is 9.77. The van der Waals surface area contributed by atoms with Crippen molar-refractivity contribution in [1.29, 1.82) is 0 Å². The molecule has 2 heterocycles. The molecule has 0 aromatic heterocycles. The number of fused-ring (bicyclic) bond motifs is 6. The zero-order valence-electron chi connectivity index (χ0n) is 30.2. The zero-order chi connectivity index (χ0) is 37.7. The van der Waals surface area contributed by atoms with Crippen LogP contribution in [0.15, 0.2) is 54.6 Å². The van der Waals surface area contributed by atoms with Crippen LogP contribution in [0.3, 0.4) is 0 Å². The molecular weight excluding hydrogens is 670 g/mol. The van der Waals surface area contributed by atoms with Crippen LogP contribution in [0.25, 0.3) is 0 Å². The van der Waals surface area contributed by atoms with E-state index in [0.29, 0.717) is 43.1 Å². The molecule has 12 nitrogen and oxygen atoms in total. The van der Waals surface area contributed by atoms with Crippen LogP contribution >= 0.6 is 0 Å². The number of hydrogen-bond acceptors (Lipinski definition) is 11. The van der Waals surface area contributed by atoms with Crippen molar-refractivity contribution in [2.24, 2.45) is 10.8 Å². The quantitative estimate of drug-likeness (QED) is 0.103. The van der Waals surface area contributed by atoms with Gasteiger partial charge in [0.2, 0.25) is 0 Å². The summed E-state index contributed by atoms with van der Waals surface area (Å²) >= 11 is 0. The normalized spacial score (nSPS) is 13.9. The minimum Gasteiger partial charge on any atom is -0.456 e. The lowest BCUT2D eigenvalue weighted by Gasteiger charge is -2.36. The van der Waals surface area contributed by atoms with E-state index in [9.17, 15) is 19.2 Å². The van der Waals surface area contributed by atoms with E-state index in [2.05, 4.69) is 11.2 Å². The molecule has 52 heavy (non-hydrogen) atoms. The van der Waals surface area contributed by atoms with Crippen LogP contribution in [0, 0.1) is 23.2 Å². The molecule has 5 rings (SSSR count). The Morgan fingerprint density at radius 2 is 1.25 bits per heavy atom. The molecule has 1 spiro atoms. The number of benzene rings is 3. The number of nitrogens with one attached hydrogen (secondary N) is 1. The van der Waals surface area contributed by atoms with Crippen molar-refractivity contribution in [1.82, 2.24) is 5.32 Å². The molecule has 0 fully saturated rings. The summed E-state index contributed by atoms with van der Waals surface area (Å²) in [4.78, 5) is 52.2. The van der Waals surface area contributed by atoms with Gasteiger partial charge in [-0.15, -0.1) is 6.42 Å². The third-order valence-corrected chi connectivity index (χ3v) is 8.12. The molecule has 274 valence electrons. The molecule has 2 aliphatic heterocycles. The Kier molecular flexibility index (Phi) is 11.4. The van der Waals surface area contributed by atoms with Gasteiger partial charge in [0, 0.05) is 40.9 Å². The van der Waals surface area contributed by atoms with Crippen molar-refractivity contribution >= 4 is 23.8 Å². The van der Waals surface area contributed by atoms with Crippen molar-refractivity contribution < 1.29 is 52.3 Å². The SMILES string of the molecule is C#CCOCCOCCOCCNC(=O)c1ccc2c(c1)C(=O)OC21c2ccc(OC(=O)C(C)(C)C)cc2Oc2cc(OC(=O)C(C)(C)C)ccc21. The number of carbonyl (C=O) groups excluding carboxylic acids is 4. The molecule has 2 aliphatic rings. The second-order valence-electron chi connectivity index (χ2n) is 14.3. The first-order valence-corrected chi connectivity index (χ1v) is 16.9. The Hall–Kier alpha value is -5.22. The molecule has 0 atom stereocenters. The first-order valence-electron chi connectivity index (χ1n) is 16.9. The molecule has 0 saturated heterocycles. The summed E-state index contributed by atoms with van der Waals surface area (Å²) in [5.74, 6) is 1.41. The van der Waals surface area contributed by atoms with E-state index < -0.39 is 40.2 Å². The highest BCUT2D eigenvalue weighted by molar-refractivity contribution is 6.01. The van der Waals surface area contributed by atoms with Gasteiger partial charge in [-0.2, -0.15) is 0 Å². The summed E-state index contributed by atoms with van der Waals surface area (Å²) in [5, 5.41) is 2.80. The van der Waals surface area contributed by atoms with E-state index in [1.54, 1.807) is 90.1 Å². The highest BCUT2D eigenvalue weighted by atomic mass is 16.6. The van der Waals surface area contributed by atoms with Gasteiger partial charge in [-0.05, 0) is 77.9 Å². The maximum absolute atomic E-state index is 13.7. The molecule has 3 aromatic carbocycles. The predicted octanol–water partition coefficient (Wildman–Crippen LogP) is 5.57. The fraction of sp³-hybridized carbons (Fsp3) is 0.400. The molecule has 12 heteroatoms. The standard InChI is InChI=1S/C40H43NO11/c1-8-16-46-18-20-48-21-19-47-17-15-41-34(42)25-9-12-29-28(22-25)35(43)52-40(29)30-13-10-26(49-36(44)38(2,3)4)23-32(30)51-33-24-27(11-14-31(33)40)50-37(45)39(5,6)7/h1,9-14,22-24H,15-21H2,2-7H3,(H,41,42). The monoisotopic (exact) mass is 713 g/mol. The summed E-state index contributed by atoms with van der Waals surface area (Å²) in [6.07, 6.45) is 5.12. The minimum atomic E-state index is -1.49. The second kappa shape index (κ2) is 15.6. The highest BCUT2D eigenvalue weighted by Gasteiger charge is 2.54. The summed E-state index contributed by atoms with van der Waals surface area (Å²) in [7, 11) is 0. The Bertz CT molecular complexity index is 1820. The largest absolute Gasteiger partial charge is 0.456 e. The number of hydrogen-bond donors (Lipinski definition) is 1. The lowest BCUT2D eigenvalue weighted by molar-refractivity contribution is -0.143. The Morgan fingerprint density at radius 1 is 0.731 bits per heavy atom. The fourth-order valence-electron chi connectivity index (χ4n) is 5.39. The van der Waals surface area contributed by atoms with Crippen LogP contribution in [-0.2, 0) is 34.1 Å². The molecule has 0 bridgehead atoms. The van der Waals surface area contributed by atoms with Crippen molar-refractivity contribution in [2.75, 3.05) is 46.2 Å². The van der Waals surface area contributed by atoms with Gasteiger partial charge >= 0.3 is 17.9 Å². The van der Waals surface area contributed by atoms with E-state index in [-0.39, 0.29) is 53.9 Å². The Labute approximate surface area is 303 Å². The van der Waals surface area contributed by atoms with E-state index in [1.165, 1.54) is 6.07 Å². The Morgan fingerprint density at radius 3 is 1.79 bits per heavy atom. The summed E-state index contributed by atoms with van der Waals surface area (Å²) in [6.45, 7) is 12.7. The average molecular weight is 714 g/mol. The van der Waals surface area contributed by atoms with Crippen LogP contribution < -0.4 is 19.5 Å². The van der Waals surface area contributed by atoms with Gasteiger partial charge < -0.3 is 38.5 Å². The Balaban J connectivity index is 1.39. The second-order valence-corrected chi connectivity index (χ2v) is 14.3. The van der Waals surface area contributed by atoms with Gasteiger partial charge in [0.1, 0.15) is 29.6 Å². The van der Waals surface area contributed by atoms with E-state index in [1.807, 2.05) is 0 Å². The van der Waals surface area contributed by atoms with Crippen molar-refractivity contribution in [3.8, 4) is 35.3 Å². The maximum Gasteiger partial charge on any atom is 0.340 e. The summed E-state index contributed by atoms with van der Waals surface area (Å²) in [6, 6.07) is 14.5. The number of terminal acetylenes is 1. The smallest absolute Gasteiger partial charge is 0.340 e. The number of amides is 1. The van der Waals surface area contributed by atoms with Crippen LogP contribution in [0.4, 0.5) is 0 Å². The van der Waals surface area contributed by atoms with Crippen molar-refractivity contribution in [3.05, 3.63) is 82.4 Å². The average Bonchev–Trinajstić information content (AvgIpc) is 3.37. The van der Waals surface area contributed by atoms with Crippen LogP contribution in [0.5, 0.6) is 23.0 Å². The highest BCUT2D eigenvalue weighted by Crippen LogP contribution is 2.57. The molecule has 0 radical (unpaired) electrons. The summed E-state index contributed by atoms with van der Waals surface area (Å²) in [5.41, 5.74) is -1.15. The van der Waals surface area contributed by atoms with Gasteiger partial charge in [0.15, 0.2) is 5.60 Å². The van der Waals surface area contributed by atoms with Gasteiger partial charge in [0.05, 0.1) is 49.4 Å². The number of ether oxygens (including phenoxy) is 7. The minimum absolute atomic E-state index is 0.192. The third-order valence-electron chi connectivity index (χ3n) is 8.12. The van der Waals surface area contributed by atoms with Crippen LogP contribution in [0.1, 0.15) is 78.9 Å². The van der Waals surface area contributed by atoms with Crippen LogP contribution in [-0.4, -0.2) is 70.0 Å². The van der Waals surface area contributed by atoms with Gasteiger partial charge in [-0.25, -0.2) is 4.79 Å². The van der Waals surface area contributed by atoms with Crippen molar-refractivity contribution in [2.45, 2.75) is 47.1 Å². The molecule has 0 unspecified atom stereocenters. The number of carbonyl (C=O) groups is 4. The van der Waals surface area contributed by atoms with E-state index in [4.69, 9.17) is 39.6 Å². The predicted molar refractivity (Wildman–Crippen MR) is 189 cm³/mol. The molecular formula is C40H43NO11. The zero-order valence-corrected chi connectivity index (χ0v) is 30.2. The van der Waals surface area contributed by atoms with Gasteiger partial charge in [-0.1, -0.05) is 12.0 Å². The van der Waals surface area contributed by atoms with Gasteiger partial charge in [-0.3, -0.25) is 14.4 Å². The first-order chi connectivity index (χ1) is 24.6.